The number of benzene rings is 3. The zero-order valence-electron chi connectivity index (χ0n) is 19.3. The van der Waals surface area contributed by atoms with Gasteiger partial charge in [-0.2, -0.15) is 0 Å². The summed E-state index contributed by atoms with van der Waals surface area (Å²) >= 11 is 7.12. The van der Waals surface area contributed by atoms with E-state index in [0.717, 1.165) is 45.1 Å². The molecule has 182 valence electrons. The van der Waals surface area contributed by atoms with Crippen LogP contribution in [0.1, 0.15) is 29.2 Å². The minimum atomic E-state index is -0.474. The molecule has 1 aromatic heterocycles. The van der Waals surface area contributed by atoms with Crippen LogP contribution < -0.4 is 0 Å². The fourth-order valence-electron chi connectivity index (χ4n) is 4.42. The highest BCUT2D eigenvalue weighted by Gasteiger charge is 2.35. The highest BCUT2D eigenvalue weighted by atomic mass is 35.5. The summed E-state index contributed by atoms with van der Waals surface area (Å²) < 4.78 is 30.6. The van der Waals surface area contributed by atoms with Gasteiger partial charge in [0.2, 0.25) is 0 Å². The van der Waals surface area contributed by atoms with E-state index in [9.17, 15) is 18.4 Å². The number of nitrogens with zero attached hydrogens (tertiary/aromatic N) is 2. The average molecular weight is 523 g/mol. The van der Waals surface area contributed by atoms with Crippen molar-refractivity contribution in [3.05, 3.63) is 111 Å². The summed E-state index contributed by atoms with van der Waals surface area (Å²) in [6.07, 6.45) is 4.27. The Morgan fingerprint density at radius 3 is 2.39 bits per heavy atom. The molecule has 8 heteroatoms. The lowest BCUT2D eigenvalue weighted by molar-refractivity contribution is -0.123. The lowest BCUT2D eigenvalue weighted by atomic mass is 10.1. The average Bonchev–Trinajstić information content (AvgIpc) is 3.34. The van der Waals surface area contributed by atoms with Crippen molar-refractivity contribution in [1.82, 2.24) is 9.47 Å². The maximum Gasteiger partial charge on any atom is 0.293 e. The minimum absolute atomic E-state index is 0.137. The van der Waals surface area contributed by atoms with Gasteiger partial charge in [0.25, 0.3) is 11.1 Å². The van der Waals surface area contributed by atoms with E-state index >= 15 is 0 Å². The first kappa shape index (κ1) is 24.3. The summed E-state index contributed by atoms with van der Waals surface area (Å²) in [5.41, 5.74) is 3.35. The minimum Gasteiger partial charge on any atom is -0.342 e. The van der Waals surface area contributed by atoms with Crippen molar-refractivity contribution in [3.63, 3.8) is 0 Å². The molecule has 2 amide bonds. The van der Waals surface area contributed by atoms with Crippen LogP contribution in [0.4, 0.5) is 13.6 Å². The second-order valence-electron chi connectivity index (χ2n) is 8.44. The van der Waals surface area contributed by atoms with Crippen molar-refractivity contribution >= 4 is 51.5 Å². The van der Waals surface area contributed by atoms with Crippen LogP contribution in [0, 0.1) is 11.6 Å². The number of aromatic nitrogens is 1. The number of para-hydroxylation sites is 1. The van der Waals surface area contributed by atoms with Gasteiger partial charge >= 0.3 is 0 Å². The van der Waals surface area contributed by atoms with Crippen molar-refractivity contribution in [2.24, 2.45) is 0 Å². The van der Waals surface area contributed by atoms with Crippen molar-refractivity contribution in [2.45, 2.75) is 26.4 Å². The largest absolute Gasteiger partial charge is 0.342 e. The van der Waals surface area contributed by atoms with Gasteiger partial charge in [0.05, 0.1) is 23.5 Å². The Morgan fingerprint density at radius 2 is 1.64 bits per heavy atom. The first-order valence-electron chi connectivity index (χ1n) is 11.4. The molecule has 1 fully saturated rings. The van der Waals surface area contributed by atoms with E-state index in [1.165, 1.54) is 12.1 Å². The monoisotopic (exact) mass is 522 g/mol. The van der Waals surface area contributed by atoms with Crippen LogP contribution in [0.25, 0.3) is 17.0 Å². The zero-order valence-corrected chi connectivity index (χ0v) is 20.9. The van der Waals surface area contributed by atoms with Gasteiger partial charge in [-0.15, -0.1) is 0 Å². The molecule has 3 aromatic carbocycles. The SMILES string of the molecule is CCc1cccc2c(/C=C3\SC(=O)N(Cc4ccccc4F)C3=O)cn(Cc3c(F)cccc3Cl)c12. The number of aryl methyl sites for hydroxylation is 1. The first-order chi connectivity index (χ1) is 17.4. The number of hydrogen-bond donors (Lipinski definition) is 0. The molecule has 2 heterocycles. The number of hydrogen-bond acceptors (Lipinski definition) is 3. The molecule has 0 N–H and O–H groups in total. The molecule has 5 rings (SSSR count). The van der Waals surface area contributed by atoms with Crippen molar-refractivity contribution in [2.75, 3.05) is 0 Å². The molecule has 0 atom stereocenters. The smallest absolute Gasteiger partial charge is 0.293 e. The molecule has 0 radical (unpaired) electrons. The Kier molecular flexibility index (Phi) is 6.69. The lowest BCUT2D eigenvalue weighted by Crippen LogP contribution is -2.27. The fourth-order valence-corrected chi connectivity index (χ4v) is 5.47. The van der Waals surface area contributed by atoms with Gasteiger partial charge in [-0.05, 0) is 48.0 Å². The number of amides is 2. The van der Waals surface area contributed by atoms with Crippen LogP contribution >= 0.6 is 23.4 Å². The summed E-state index contributed by atoms with van der Waals surface area (Å²) in [6.45, 7) is 2.11. The number of fused-ring (bicyclic) bond motifs is 1. The van der Waals surface area contributed by atoms with E-state index in [1.54, 1.807) is 36.4 Å². The third-order valence-electron chi connectivity index (χ3n) is 6.23. The van der Waals surface area contributed by atoms with Gasteiger partial charge < -0.3 is 4.57 Å². The topological polar surface area (TPSA) is 42.3 Å². The number of imide groups is 1. The Morgan fingerprint density at radius 1 is 0.917 bits per heavy atom. The molecule has 4 aromatic rings. The molecule has 0 spiro atoms. The van der Waals surface area contributed by atoms with Gasteiger partial charge in [0.1, 0.15) is 11.6 Å². The third kappa shape index (κ3) is 4.45. The maximum absolute atomic E-state index is 14.6. The Bertz CT molecular complexity index is 1530. The van der Waals surface area contributed by atoms with E-state index in [0.29, 0.717) is 10.6 Å². The molecule has 0 aliphatic carbocycles. The highest BCUT2D eigenvalue weighted by Crippen LogP contribution is 2.36. The Labute approximate surface area is 216 Å². The van der Waals surface area contributed by atoms with Crippen molar-refractivity contribution in [1.29, 1.82) is 0 Å². The molecule has 4 nitrogen and oxygen atoms in total. The highest BCUT2D eigenvalue weighted by molar-refractivity contribution is 8.18. The van der Waals surface area contributed by atoms with Crippen LogP contribution in [0.15, 0.2) is 71.8 Å². The normalized spacial score (nSPS) is 15.0. The van der Waals surface area contributed by atoms with Crippen LogP contribution in [0.3, 0.4) is 0 Å². The Balaban J connectivity index is 1.54. The molecule has 36 heavy (non-hydrogen) atoms. The third-order valence-corrected chi connectivity index (χ3v) is 7.49. The van der Waals surface area contributed by atoms with Crippen molar-refractivity contribution < 1.29 is 18.4 Å². The first-order valence-corrected chi connectivity index (χ1v) is 12.6. The van der Waals surface area contributed by atoms with E-state index in [4.69, 9.17) is 11.6 Å². The molecule has 0 unspecified atom stereocenters. The van der Waals surface area contributed by atoms with Gasteiger partial charge in [-0.3, -0.25) is 14.5 Å². The molecule has 0 bridgehead atoms. The summed E-state index contributed by atoms with van der Waals surface area (Å²) in [4.78, 5) is 27.0. The Hall–Kier alpha value is -3.42. The van der Waals surface area contributed by atoms with Crippen LogP contribution in [-0.2, 0) is 24.3 Å². The zero-order chi connectivity index (χ0) is 25.4. The molecular formula is C28H21ClF2N2O2S. The van der Waals surface area contributed by atoms with Crippen LogP contribution in [0.5, 0.6) is 0 Å². The molecule has 1 saturated heterocycles. The summed E-state index contributed by atoms with van der Waals surface area (Å²) in [5.74, 6) is -1.34. The van der Waals surface area contributed by atoms with E-state index in [1.807, 2.05) is 35.9 Å². The standard InChI is InChI=1S/C28H21ClF2N2O2S/c1-2-17-8-5-9-20-19(14-32(26(17)20)16-21-22(29)10-6-12-24(21)31)13-25-27(34)33(28(35)36-25)15-18-7-3-4-11-23(18)30/h3-14H,2,15-16H2,1H3/b25-13-. The number of rotatable bonds is 6. The van der Waals surface area contributed by atoms with E-state index in [2.05, 4.69) is 0 Å². The van der Waals surface area contributed by atoms with Crippen LogP contribution in [0.2, 0.25) is 5.02 Å². The van der Waals surface area contributed by atoms with E-state index in [-0.39, 0.29) is 23.6 Å². The van der Waals surface area contributed by atoms with E-state index < -0.39 is 22.8 Å². The summed E-state index contributed by atoms with van der Waals surface area (Å²) in [7, 11) is 0. The van der Waals surface area contributed by atoms with Gasteiger partial charge in [0.15, 0.2) is 0 Å². The summed E-state index contributed by atoms with van der Waals surface area (Å²) in [6, 6.07) is 16.5. The second kappa shape index (κ2) is 9.91. The predicted octanol–water partition coefficient (Wildman–Crippen LogP) is 7.42. The van der Waals surface area contributed by atoms with Gasteiger partial charge in [-0.25, -0.2) is 8.78 Å². The maximum atomic E-state index is 14.6. The molecule has 1 aliphatic heterocycles. The van der Waals surface area contributed by atoms with Crippen molar-refractivity contribution in [3.8, 4) is 0 Å². The summed E-state index contributed by atoms with van der Waals surface area (Å²) in [5, 5.41) is 0.759. The lowest BCUT2D eigenvalue weighted by Gasteiger charge is -2.12. The quantitative estimate of drug-likeness (QED) is 0.247. The number of halogens is 3. The van der Waals surface area contributed by atoms with Crippen LogP contribution in [-0.4, -0.2) is 20.6 Å². The van der Waals surface area contributed by atoms with Gasteiger partial charge in [0, 0.05) is 33.3 Å². The second-order valence-corrected chi connectivity index (χ2v) is 9.84. The number of carbonyl (C=O) groups excluding carboxylic acids is 2. The number of carbonyl (C=O) groups is 2. The molecule has 0 saturated carbocycles. The fraction of sp³-hybridized carbons (Fsp3) is 0.143. The number of thioether (sulfide) groups is 1. The predicted molar refractivity (Wildman–Crippen MR) is 140 cm³/mol. The molecular weight excluding hydrogens is 502 g/mol. The molecule has 1 aliphatic rings. The van der Waals surface area contributed by atoms with Gasteiger partial charge in [-0.1, -0.05) is 61.0 Å².